The van der Waals surface area contributed by atoms with Crippen LogP contribution in [0.2, 0.25) is 0 Å². The number of para-hydroxylation sites is 1. The molecule has 1 saturated heterocycles. The lowest BCUT2D eigenvalue weighted by Crippen LogP contribution is -2.27. The van der Waals surface area contributed by atoms with Gasteiger partial charge in [0.15, 0.2) is 0 Å². The Morgan fingerprint density at radius 3 is 2.84 bits per heavy atom. The average Bonchev–Trinajstić information content (AvgIpc) is 2.91. The fourth-order valence-corrected chi connectivity index (χ4v) is 3.65. The van der Waals surface area contributed by atoms with Crippen molar-refractivity contribution in [3.8, 4) is 0 Å². The summed E-state index contributed by atoms with van der Waals surface area (Å²) in [7, 11) is 0. The van der Waals surface area contributed by atoms with Gasteiger partial charge in [-0.15, -0.1) is 0 Å². The highest BCUT2D eigenvalue weighted by atomic mass is 19.1. The summed E-state index contributed by atoms with van der Waals surface area (Å²) in [6.45, 7) is 3.46. The van der Waals surface area contributed by atoms with E-state index < -0.39 is 0 Å². The molecule has 4 heteroatoms. The van der Waals surface area contributed by atoms with E-state index in [9.17, 15) is 9.50 Å². The van der Waals surface area contributed by atoms with Gasteiger partial charge in [-0.1, -0.05) is 12.1 Å². The third-order valence-electron chi connectivity index (χ3n) is 4.64. The minimum Gasteiger partial charge on any atom is -0.393 e. The second kappa shape index (κ2) is 4.76. The molecule has 0 bridgehead atoms. The molecule has 0 spiro atoms. The maximum Gasteiger partial charge on any atom is 0.146 e. The first-order valence-electron chi connectivity index (χ1n) is 7.05. The Kier molecular flexibility index (Phi) is 3.23. The summed E-state index contributed by atoms with van der Waals surface area (Å²) < 4.78 is 14.2. The van der Waals surface area contributed by atoms with Gasteiger partial charge in [-0.05, 0) is 37.3 Å². The van der Waals surface area contributed by atoms with Crippen molar-refractivity contribution in [1.82, 2.24) is 0 Å². The van der Waals surface area contributed by atoms with Gasteiger partial charge in [-0.2, -0.15) is 0 Å². The molecule has 0 aromatic heterocycles. The van der Waals surface area contributed by atoms with Crippen LogP contribution in [0.4, 0.5) is 10.1 Å². The van der Waals surface area contributed by atoms with E-state index in [1.165, 1.54) is 6.07 Å². The molecule has 104 valence electrons. The van der Waals surface area contributed by atoms with E-state index in [4.69, 9.17) is 5.73 Å². The van der Waals surface area contributed by atoms with Gasteiger partial charge in [-0.3, -0.25) is 0 Å². The Labute approximate surface area is 113 Å². The number of aliphatic hydroxyl groups is 1. The molecule has 4 unspecified atom stereocenters. The van der Waals surface area contributed by atoms with E-state index in [0.29, 0.717) is 17.5 Å². The van der Waals surface area contributed by atoms with Crippen molar-refractivity contribution in [2.75, 3.05) is 18.0 Å². The first kappa shape index (κ1) is 12.9. The largest absolute Gasteiger partial charge is 0.393 e. The minimum absolute atomic E-state index is 0.184. The van der Waals surface area contributed by atoms with Crippen molar-refractivity contribution in [3.63, 3.8) is 0 Å². The molecule has 19 heavy (non-hydrogen) atoms. The average molecular weight is 264 g/mol. The van der Waals surface area contributed by atoms with Crippen molar-refractivity contribution in [3.05, 3.63) is 29.6 Å². The Hall–Kier alpha value is -1.13. The second-order valence-electron chi connectivity index (χ2n) is 5.94. The lowest BCUT2D eigenvalue weighted by Gasteiger charge is -2.25. The SMILES string of the molecule is CC(N)c1cccc(F)c1N1CC2CCC(O)C2C1. The molecule has 3 N–H and O–H groups in total. The maximum atomic E-state index is 14.2. The summed E-state index contributed by atoms with van der Waals surface area (Å²) in [5.41, 5.74) is 7.45. The molecule has 1 saturated carbocycles. The molecule has 1 aromatic rings. The lowest BCUT2D eigenvalue weighted by molar-refractivity contribution is 0.133. The van der Waals surface area contributed by atoms with Crippen LogP contribution in [0.25, 0.3) is 0 Å². The zero-order valence-corrected chi connectivity index (χ0v) is 11.2. The van der Waals surface area contributed by atoms with Crippen molar-refractivity contribution in [2.45, 2.75) is 31.9 Å². The predicted octanol–water partition coefficient (Wildman–Crippen LogP) is 2.05. The molecule has 1 aliphatic carbocycles. The molecule has 3 nitrogen and oxygen atoms in total. The summed E-state index contributed by atoms with van der Waals surface area (Å²) in [4.78, 5) is 2.08. The van der Waals surface area contributed by atoms with Crippen molar-refractivity contribution >= 4 is 5.69 Å². The zero-order valence-electron chi connectivity index (χ0n) is 11.2. The van der Waals surface area contributed by atoms with Crippen LogP contribution in [-0.4, -0.2) is 24.3 Å². The fraction of sp³-hybridized carbons (Fsp3) is 0.600. The third-order valence-corrected chi connectivity index (χ3v) is 4.64. The predicted molar refractivity (Wildman–Crippen MR) is 73.4 cm³/mol. The number of hydrogen-bond acceptors (Lipinski definition) is 3. The molecule has 0 radical (unpaired) electrons. The van der Waals surface area contributed by atoms with Crippen LogP contribution in [0.5, 0.6) is 0 Å². The molecule has 1 aliphatic heterocycles. The lowest BCUT2D eigenvalue weighted by atomic mass is 10.00. The van der Waals surface area contributed by atoms with Crippen LogP contribution in [-0.2, 0) is 0 Å². The zero-order chi connectivity index (χ0) is 13.6. The summed E-state index contributed by atoms with van der Waals surface area (Å²) in [6, 6.07) is 4.92. The van der Waals surface area contributed by atoms with Gasteiger partial charge < -0.3 is 15.7 Å². The molecule has 3 rings (SSSR count). The van der Waals surface area contributed by atoms with Gasteiger partial charge in [-0.25, -0.2) is 4.39 Å². The minimum atomic E-state index is -0.222. The number of halogens is 1. The van der Waals surface area contributed by atoms with Crippen LogP contribution < -0.4 is 10.6 Å². The standard InChI is InChI=1S/C15H21FN2O/c1-9(17)11-3-2-4-13(16)15(11)18-7-10-5-6-14(19)12(10)8-18/h2-4,9-10,12,14,19H,5-8,17H2,1H3. The van der Waals surface area contributed by atoms with Gasteiger partial charge >= 0.3 is 0 Å². The van der Waals surface area contributed by atoms with Crippen LogP contribution in [0.15, 0.2) is 18.2 Å². The van der Waals surface area contributed by atoms with Gasteiger partial charge in [0, 0.05) is 25.0 Å². The van der Waals surface area contributed by atoms with Gasteiger partial charge in [0.2, 0.25) is 0 Å². The van der Waals surface area contributed by atoms with Gasteiger partial charge in [0.1, 0.15) is 5.82 Å². The fourth-order valence-electron chi connectivity index (χ4n) is 3.65. The van der Waals surface area contributed by atoms with Gasteiger partial charge in [0.25, 0.3) is 0 Å². The van der Waals surface area contributed by atoms with E-state index in [2.05, 4.69) is 4.90 Å². The van der Waals surface area contributed by atoms with E-state index in [1.807, 2.05) is 13.0 Å². The summed E-state index contributed by atoms with van der Waals surface area (Å²) in [6.07, 6.45) is 1.71. The Bertz CT molecular complexity index is 477. The molecule has 1 aromatic carbocycles. The monoisotopic (exact) mass is 264 g/mol. The summed E-state index contributed by atoms with van der Waals surface area (Å²) >= 11 is 0. The molecule has 0 amide bonds. The molecule has 2 aliphatic rings. The van der Waals surface area contributed by atoms with E-state index in [-0.39, 0.29) is 18.0 Å². The Morgan fingerprint density at radius 1 is 1.37 bits per heavy atom. The first-order valence-corrected chi connectivity index (χ1v) is 7.05. The number of anilines is 1. The summed E-state index contributed by atoms with van der Waals surface area (Å²) in [5.74, 6) is 0.584. The number of benzene rings is 1. The molecular formula is C15H21FN2O. The highest BCUT2D eigenvalue weighted by Crippen LogP contribution is 2.41. The quantitative estimate of drug-likeness (QED) is 0.859. The summed E-state index contributed by atoms with van der Waals surface area (Å²) in [5, 5.41) is 9.97. The highest BCUT2D eigenvalue weighted by Gasteiger charge is 2.42. The molecule has 4 atom stereocenters. The Morgan fingerprint density at radius 2 is 2.16 bits per heavy atom. The Balaban J connectivity index is 1.92. The second-order valence-corrected chi connectivity index (χ2v) is 5.94. The van der Waals surface area contributed by atoms with E-state index >= 15 is 0 Å². The van der Waals surface area contributed by atoms with Crippen LogP contribution in [0, 0.1) is 17.7 Å². The normalized spacial score (nSPS) is 31.6. The number of fused-ring (bicyclic) bond motifs is 1. The number of rotatable bonds is 2. The van der Waals surface area contributed by atoms with Crippen LogP contribution in [0.3, 0.4) is 0 Å². The van der Waals surface area contributed by atoms with E-state index in [0.717, 1.165) is 31.5 Å². The third kappa shape index (κ3) is 2.13. The van der Waals surface area contributed by atoms with Crippen LogP contribution in [0.1, 0.15) is 31.4 Å². The van der Waals surface area contributed by atoms with Crippen LogP contribution >= 0.6 is 0 Å². The van der Waals surface area contributed by atoms with Crippen molar-refractivity contribution in [2.24, 2.45) is 17.6 Å². The van der Waals surface area contributed by atoms with Gasteiger partial charge in [0.05, 0.1) is 11.8 Å². The number of aliphatic hydroxyl groups excluding tert-OH is 1. The number of nitrogens with two attached hydrogens (primary N) is 1. The molecular weight excluding hydrogens is 243 g/mol. The first-order chi connectivity index (χ1) is 9.08. The van der Waals surface area contributed by atoms with Crippen molar-refractivity contribution in [1.29, 1.82) is 0 Å². The number of hydrogen-bond donors (Lipinski definition) is 2. The smallest absolute Gasteiger partial charge is 0.146 e. The van der Waals surface area contributed by atoms with Crippen molar-refractivity contribution < 1.29 is 9.50 Å². The molecule has 2 fully saturated rings. The highest BCUT2D eigenvalue weighted by molar-refractivity contribution is 5.57. The maximum absolute atomic E-state index is 14.2. The number of nitrogens with zero attached hydrogens (tertiary/aromatic N) is 1. The molecule has 1 heterocycles. The van der Waals surface area contributed by atoms with E-state index in [1.54, 1.807) is 6.07 Å². The topological polar surface area (TPSA) is 49.5 Å².